The molecule has 1 amide bonds. The number of hydrogen-bond acceptors (Lipinski definition) is 4. The number of amides is 1. The first kappa shape index (κ1) is 23.3. The van der Waals surface area contributed by atoms with Crippen LogP contribution in [0.5, 0.6) is 0 Å². The molecule has 0 spiro atoms. The average molecular weight is 424 g/mol. The zero-order valence-corrected chi connectivity index (χ0v) is 18.6. The summed E-state index contributed by atoms with van der Waals surface area (Å²) >= 11 is 0. The number of nitrogens with zero attached hydrogens (tertiary/aromatic N) is 1. The van der Waals surface area contributed by atoms with Crippen molar-refractivity contribution >= 4 is 11.8 Å². The lowest BCUT2D eigenvalue weighted by Crippen LogP contribution is -2.38. The average Bonchev–Trinajstić information content (AvgIpc) is 2.80. The van der Waals surface area contributed by atoms with Crippen LogP contribution >= 0.6 is 0 Å². The van der Waals surface area contributed by atoms with E-state index in [1.807, 2.05) is 54.6 Å². The highest BCUT2D eigenvalue weighted by atomic mass is 16.6. The van der Waals surface area contributed by atoms with Crippen molar-refractivity contribution in [2.24, 2.45) is 5.73 Å². The van der Waals surface area contributed by atoms with E-state index in [0.29, 0.717) is 0 Å². The third kappa shape index (κ3) is 8.00. The number of para-hydroxylation sites is 1. The quantitative estimate of drug-likeness (QED) is 0.457. The Kier molecular flexibility index (Phi) is 9.87. The van der Waals surface area contributed by atoms with E-state index in [-0.39, 0.29) is 12.2 Å². The minimum Gasteiger partial charge on any atom is -0.446 e. The first-order valence-corrected chi connectivity index (χ1v) is 11.8. The van der Waals surface area contributed by atoms with Crippen LogP contribution in [0.15, 0.2) is 54.6 Å². The Morgan fingerprint density at radius 2 is 1.55 bits per heavy atom. The van der Waals surface area contributed by atoms with E-state index < -0.39 is 0 Å². The predicted molar refractivity (Wildman–Crippen MR) is 128 cm³/mol. The molecule has 1 fully saturated rings. The van der Waals surface area contributed by atoms with Crippen molar-refractivity contribution in [2.45, 2.75) is 57.5 Å². The fraction of sp³-hybridized carbons (Fsp3) is 0.500. The third-order valence-corrected chi connectivity index (χ3v) is 5.99. The van der Waals surface area contributed by atoms with Gasteiger partial charge in [0.25, 0.3) is 0 Å². The summed E-state index contributed by atoms with van der Waals surface area (Å²) in [5.41, 5.74) is 8.39. The molecule has 1 aliphatic heterocycles. The maximum Gasteiger partial charge on any atom is 0.411 e. The van der Waals surface area contributed by atoms with Gasteiger partial charge < -0.3 is 15.4 Å². The van der Waals surface area contributed by atoms with Gasteiger partial charge in [-0.2, -0.15) is 0 Å². The summed E-state index contributed by atoms with van der Waals surface area (Å²) in [4.78, 5) is 15.0. The Labute approximate surface area is 187 Å². The summed E-state index contributed by atoms with van der Waals surface area (Å²) in [6.07, 6.45) is 9.02. The molecule has 0 bridgehead atoms. The van der Waals surface area contributed by atoms with Crippen LogP contribution in [0.3, 0.4) is 0 Å². The van der Waals surface area contributed by atoms with E-state index in [1.165, 1.54) is 32.1 Å². The minimum atomic E-state index is -0.362. The molecular weight excluding hydrogens is 386 g/mol. The first-order valence-electron chi connectivity index (χ1n) is 11.8. The predicted octanol–water partition coefficient (Wildman–Crippen LogP) is 5.67. The lowest BCUT2D eigenvalue weighted by atomic mass is 10.0. The molecule has 2 aromatic rings. The molecule has 1 heterocycles. The molecule has 0 radical (unpaired) electrons. The van der Waals surface area contributed by atoms with Crippen LogP contribution < -0.4 is 11.1 Å². The molecule has 5 nitrogen and oxygen atoms in total. The molecule has 0 unspecified atom stereocenters. The molecule has 0 aromatic heterocycles. The second-order valence-electron chi connectivity index (χ2n) is 8.39. The Bertz CT molecular complexity index is 773. The van der Waals surface area contributed by atoms with Gasteiger partial charge >= 0.3 is 6.09 Å². The third-order valence-electron chi connectivity index (χ3n) is 5.99. The topological polar surface area (TPSA) is 67.6 Å². The van der Waals surface area contributed by atoms with Crippen molar-refractivity contribution in [2.75, 3.05) is 31.5 Å². The number of nitrogens with two attached hydrogens (primary N) is 1. The van der Waals surface area contributed by atoms with Gasteiger partial charge in [0.1, 0.15) is 6.10 Å². The van der Waals surface area contributed by atoms with Crippen molar-refractivity contribution in [1.82, 2.24) is 4.90 Å². The second-order valence-corrected chi connectivity index (χ2v) is 8.39. The van der Waals surface area contributed by atoms with Gasteiger partial charge in [-0.25, -0.2) is 4.79 Å². The molecule has 31 heavy (non-hydrogen) atoms. The van der Waals surface area contributed by atoms with Crippen molar-refractivity contribution in [1.29, 1.82) is 0 Å². The number of ether oxygens (including phenoxy) is 1. The lowest BCUT2D eigenvalue weighted by molar-refractivity contribution is 0.0585. The Morgan fingerprint density at radius 1 is 0.903 bits per heavy atom. The van der Waals surface area contributed by atoms with E-state index in [0.717, 1.165) is 62.3 Å². The molecule has 3 rings (SSSR count). The number of carbonyl (C=O) groups excluding carboxylic acids is 1. The van der Waals surface area contributed by atoms with Crippen molar-refractivity contribution in [3.05, 3.63) is 54.6 Å². The van der Waals surface area contributed by atoms with Gasteiger partial charge in [-0.05, 0) is 50.4 Å². The standard InChI is InChI=1S/C26H37N3O2/c27-18-10-3-1-2-4-11-19-29-20-16-23(17-21-29)31-26(30)28-25-15-9-8-14-24(25)22-12-6-5-7-13-22/h5-9,12-15,23H,1-4,10-11,16-21,27H2,(H,28,30). The SMILES string of the molecule is NCCCCCCCCN1CCC(OC(=O)Nc2ccccc2-c2ccccc2)CC1. The molecule has 168 valence electrons. The summed E-state index contributed by atoms with van der Waals surface area (Å²) < 4.78 is 5.73. The van der Waals surface area contributed by atoms with Gasteiger partial charge in [0.2, 0.25) is 0 Å². The molecule has 0 atom stereocenters. The van der Waals surface area contributed by atoms with Crippen LogP contribution in [0.2, 0.25) is 0 Å². The highest BCUT2D eigenvalue weighted by molar-refractivity contribution is 5.91. The summed E-state index contributed by atoms with van der Waals surface area (Å²) in [6.45, 7) is 3.98. The summed E-state index contributed by atoms with van der Waals surface area (Å²) in [5.74, 6) is 0. The number of carbonyl (C=O) groups is 1. The normalized spacial score (nSPS) is 15.0. The minimum absolute atomic E-state index is 0.00333. The molecule has 5 heteroatoms. The van der Waals surface area contributed by atoms with Gasteiger partial charge in [-0.3, -0.25) is 5.32 Å². The fourth-order valence-electron chi connectivity index (χ4n) is 4.19. The summed E-state index contributed by atoms with van der Waals surface area (Å²) in [7, 11) is 0. The Balaban J connectivity index is 1.37. The smallest absolute Gasteiger partial charge is 0.411 e. The number of unbranched alkanes of at least 4 members (excludes halogenated alkanes) is 5. The number of benzene rings is 2. The van der Waals surface area contributed by atoms with E-state index in [1.54, 1.807) is 0 Å². The zero-order chi connectivity index (χ0) is 21.7. The number of nitrogens with one attached hydrogen (secondary N) is 1. The Morgan fingerprint density at radius 3 is 2.29 bits per heavy atom. The van der Waals surface area contributed by atoms with Crippen molar-refractivity contribution in [3.8, 4) is 11.1 Å². The van der Waals surface area contributed by atoms with Crippen LogP contribution in [0.4, 0.5) is 10.5 Å². The lowest BCUT2D eigenvalue weighted by Gasteiger charge is -2.31. The number of anilines is 1. The number of hydrogen-bond donors (Lipinski definition) is 2. The number of piperidine rings is 1. The second kappa shape index (κ2) is 13.1. The van der Waals surface area contributed by atoms with E-state index in [9.17, 15) is 4.79 Å². The first-order chi connectivity index (χ1) is 15.3. The van der Waals surface area contributed by atoms with Crippen molar-refractivity contribution < 1.29 is 9.53 Å². The Hall–Kier alpha value is -2.37. The van der Waals surface area contributed by atoms with Gasteiger partial charge in [0.05, 0.1) is 5.69 Å². The van der Waals surface area contributed by atoms with E-state index >= 15 is 0 Å². The molecule has 0 saturated carbocycles. The highest BCUT2D eigenvalue weighted by Crippen LogP contribution is 2.28. The molecule has 1 aliphatic rings. The van der Waals surface area contributed by atoms with Crippen LogP contribution in [0.1, 0.15) is 51.4 Å². The van der Waals surface area contributed by atoms with Crippen LogP contribution in [0, 0.1) is 0 Å². The van der Waals surface area contributed by atoms with E-state index in [4.69, 9.17) is 10.5 Å². The monoisotopic (exact) mass is 423 g/mol. The van der Waals surface area contributed by atoms with Crippen molar-refractivity contribution in [3.63, 3.8) is 0 Å². The van der Waals surface area contributed by atoms with Crippen LogP contribution in [-0.4, -0.2) is 43.3 Å². The number of likely N-dealkylation sites (tertiary alicyclic amines) is 1. The van der Waals surface area contributed by atoms with Gasteiger partial charge in [-0.15, -0.1) is 0 Å². The van der Waals surface area contributed by atoms with Gasteiger partial charge in [-0.1, -0.05) is 74.2 Å². The van der Waals surface area contributed by atoms with Crippen LogP contribution in [0.25, 0.3) is 11.1 Å². The zero-order valence-electron chi connectivity index (χ0n) is 18.6. The fourth-order valence-corrected chi connectivity index (χ4v) is 4.19. The van der Waals surface area contributed by atoms with Gasteiger partial charge in [0, 0.05) is 18.7 Å². The largest absolute Gasteiger partial charge is 0.446 e. The molecule has 0 aliphatic carbocycles. The van der Waals surface area contributed by atoms with Gasteiger partial charge in [0.15, 0.2) is 0 Å². The number of rotatable bonds is 11. The molecule has 1 saturated heterocycles. The van der Waals surface area contributed by atoms with E-state index in [2.05, 4.69) is 10.2 Å². The highest BCUT2D eigenvalue weighted by Gasteiger charge is 2.22. The molecule has 3 N–H and O–H groups in total. The maximum atomic E-state index is 12.5. The summed E-state index contributed by atoms with van der Waals surface area (Å²) in [5, 5.41) is 2.95. The van der Waals surface area contributed by atoms with Crippen LogP contribution in [-0.2, 0) is 4.74 Å². The maximum absolute atomic E-state index is 12.5. The summed E-state index contributed by atoms with van der Waals surface area (Å²) in [6, 6.07) is 17.9. The molecule has 2 aromatic carbocycles. The molecular formula is C26H37N3O2.